The molecule has 0 saturated carbocycles. The van der Waals surface area contributed by atoms with Gasteiger partial charge in [-0.3, -0.25) is 4.55 Å². The third-order valence-electron chi connectivity index (χ3n) is 3.16. The Labute approximate surface area is 141 Å². The molecule has 3 rings (SSSR count). The van der Waals surface area contributed by atoms with Gasteiger partial charge in [-0.25, -0.2) is 13.9 Å². The number of aromatic nitrogens is 4. The highest BCUT2D eigenvalue weighted by atomic mass is 32.2. The third kappa shape index (κ3) is 4.45. The highest BCUT2D eigenvalue weighted by Gasteiger charge is 2.00. The van der Waals surface area contributed by atoms with E-state index in [2.05, 4.69) is 31.7 Å². The second-order valence-corrected chi connectivity index (χ2v) is 5.71. The molecular weight excluding hydrogens is 326 g/mol. The molecule has 0 radical (unpaired) electrons. The Kier molecular flexibility index (Phi) is 5.28. The van der Waals surface area contributed by atoms with E-state index in [0.717, 1.165) is 11.0 Å². The third-order valence-corrected chi connectivity index (χ3v) is 3.56. The fourth-order valence-corrected chi connectivity index (χ4v) is 2.37. The largest absolute Gasteiger partial charge is 0.294 e. The first kappa shape index (κ1) is 16.3. The van der Waals surface area contributed by atoms with E-state index in [-0.39, 0.29) is 6.54 Å². The average Bonchev–Trinajstić information content (AvgIpc) is 3.00. The van der Waals surface area contributed by atoms with E-state index in [4.69, 9.17) is 4.55 Å². The minimum Gasteiger partial charge on any atom is -0.294 e. The van der Waals surface area contributed by atoms with Crippen molar-refractivity contribution in [1.29, 1.82) is 0 Å². The average molecular weight is 341 g/mol. The number of hydrogen-bond donors (Lipinski definition) is 2. The Balaban J connectivity index is 1.59. The number of hydrogen-bond acceptors (Lipinski definition) is 4. The molecule has 3 aromatic rings. The van der Waals surface area contributed by atoms with E-state index in [1.165, 1.54) is 0 Å². The number of rotatable bonds is 5. The minimum atomic E-state index is -2.05. The first-order valence-electron chi connectivity index (χ1n) is 7.30. The summed E-state index contributed by atoms with van der Waals surface area (Å²) in [5.41, 5.74) is 3.02. The molecule has 1 unspecified atom stereocenters. The summed E-state index contributed by atoms with van der Waals surface area (Å²) in [6.07, 6.45) is 0.603. The van der Waals surface area contributed by atoms with Crippen LogP contribution in [0.25, 0.3) is 11.0 Å². The van der Waals surface area contributed by atoms with E-state index in [1.807, 2.05) is 30.3 Å². The van der Waals surface area contributed by atoms with Gasteiger partial charge in [-0.15, -0.1) is 0 Å². The molecule has 1 atom stereocenters. The van der Waals surface area contributed by atoms with E-state index in [0.29, 0.717) is 24.4 Å². The second kappa shape index (κ2) is 7.79. The Hall–Kier alpha value is -2.60. The van der Waals surface area contributed by atoms with Crippen molar-refractivity contribution < 1.29 is 8.76 Å². The molecule has 122 valence electrons. The maximum Gasteiger partial charge on any atom is 0.232 e. The zero-order valence-corrected chi connectivity index (χ0v) is 13.5. The van der Waals surface area contributed by atoms with Crippen molar-refractivity contribution in [2.75, 3.05) is 0 Å². The van der Waals surface area contributed by atoms with Crippen LogP contribution >= 0.6 is 0 Å². The van der Waals surface area contributed by atoms with E-state index < -0.39 is 11.3 Å². The maximum atomic E-state index is 10.6. The first-order valence-corrected chi connectivity index (χ1v) is 8.40. The van der Waals surface area contributed by atoms with Crippen molar-refractivity contribution in [1.82, 2.24) is 24.7 Å². The molecule has 8 heteroatoms. The quantitative estimate of drug-likeness (QED) is 0.542. The summed E-state index contributed by atoms with van der Waals surface area (Å²) < 4.78 is 21.7. The number of pyridine rings is 1. The smallest absolute Gasteiger partial charge is 0.232 e. The van der Waals surface area contributed by atoms with E-state index >= 15 is 0 Å². The molecule has 2 N–H and O–H groups in total. The molecule has 2 heterocycles. The fraction of sp³-hybridized carbons (Fsp3) is 0.188. The number of nitrogens with zero attached hydrogens (tertiary/aromatic N) is 4. The van der Waals surface area contributed by atoms with Gasteiger partial charge in [0.05, 0.1) is 18.8 Å². The molecule has 0 aliphatic rings. The minimum absolute atomic E-state index is 0.211. The summed E-state index contributed by atoms with van der Waals surface area (Å²) in [5, 5.41) is 8.75. The van der Waals surface area contributed by atoms with Crippen LogP contribution in [-0.4, -0.2) is 28.7 Å². The number of benzene rings is 1. The summed E-state index contributed by atoms with van der Waals surface area (Å²) in [7, 11) is 0. The topological polar surface area (TPSA) is 92.9 Å². The lowest BCUT2D eigenvalue weighted by Gasteiger charge is -2.00. The van der Waals surface area contributed by atoms with Crippen molar-refractivity contribution in [3.8, 4) is 11.8 Å². The Bertz CT molecular complexity index is 896. The molecule has 2 aromatic heterocycles. The van der Waals surface area contributed by atoms with Crippen LogP contribution in [0.3, 0.4) is 0 Å². The van der Waals surface area contributed by atoms with Gasteiger partial charge in [-0.1, -0.05) is 24.1 Å². The lowest BCUT2D eigenvalue weighted by molar-refractivity contribution is 0.548. The number of nitrogens with one attached hydrogen (secondary N) is 1. The molecule has 1 aromatic carbocycles. The molecule has 24 heavy (non-hydrogen) atoms. The van der Waals surface area contributed by atoms with Gasteiger partial charge in [-0.05, 0) is 30.2 Å². The number of fused-ring (bicyclic) bond motifs is 1. The van der Waals surface area contributed by atoms with Gasteiger partial charge in [0.1, 0.15) is 16.7 Å². The highest BCUT2D eigenvalue weighted by Crippen LogP contribution is 2.07. The predicted octanol–water partition coefficient (Wildman–Crippen LogP) is 1.49. The van der Waals surface area contributed by atoms with Crippen LogP contribution in [0.1, 0.15) is 17.8 Å². The van der Waals surface area contributed by atoms with E-state index in [9.17, 15) is 4.21 Å². The van der Waals surface area contributed by atoms with Crippen molar-refractivity contribution in [3.63, 3.8) is 0 Å². The van der Waals surface area contributed by atoms with E-state index in [1.54, 1.807) is 16.9 Å². The fourth-order valence-electron chi connectivity index (χ4n) is 2.10. The second-order valence-electron chi connectivity index (χ2n) is 4.92. The molecule has 0 spiro atoms. The number of aryl methyl sites for hydroxylation is 1. The van der Waals surface area contributed by atoms with Crippen LogP contribution in [-0.2, 0) is 24.4 Å². The predicted molar refractivity (Wildman–Crippen MR) is 90.9 cm³/mol. The molecule has 0 aliphatic carbocycles. The Morgan fingerprint density at radius 3 is 2.58 bits per heavy atom. The standard InChI is InChI=1S/C16H15N5O2S/c22-24(23)17-12-14-8-5-7-13(18-14)6-3-4-11-21-19-15-9-1-2-10-16(15)20-21/h1-2,5,7-10,17H,4,11-12H2,(H,22,23). The van der Waals surface area contributed by atoms with Crippen molar-refractivity contribution in [3.05, 3.63) is 53.9 Å². The Morgan fingerprint density at radius 2 is 1.88 bits per heavy atom. The van der Waals surface area contributed by atoms with Crippen LogP contribution in [0.5, 0.6) is 0 Å². The lowest BCUT2D eigenvalue weighted by Crippen LogP contribution is -2.16. The van der Waals surface area contributed by atoms with Crippen LogP contribution in [0.15, 0.2) is 42.5 Å². The molecular formula is C16H15N5O2S. The Morgan fingerprint density at radius 1 is 1.12 bits per heavy atom. The van der Waals surface area contributed by atoms with Gasteiger partial charge in [0.2, 0.25) is 11.3 Å². The normalized spacial score (nSPS) is 11.9. The summed E-state index contributed by atoms with van der Waals surface area (Å²) in [6.45, 7) is 0.814. The van der Waals surface area contributed by atoms with Gasteiger partial charge >= 0.3 is 0 Å². The monoisotopic (exact) mass is 341 g/mol. The van der Waals surface area contributed by atoms with Crippen LogP contribution in [0.4, 0.5) is 0 Å². The van der Waals surface area contributed by atoms with Crippen LogP contribution in [0, 0.1) is 11.8 Å². The van der Waals surface area contributed by atoms with Crippen molar-refractivity contribution in [2.45, 2.75) is 19.5 Å². The van der Waals surface area contributed by atoms with Gasteiger partial charge in [0.25, 0.3) is 0 Å². The lowest BCUT2D eigenvalue weighted by atomic mass is 10.3. The molecule has 0 saturated heterocycles. The van der Waals surface area contributed by atoms with Gasteiger partial charge in [-0.2, -0.15) is 15.0 Å². The van der Waals surface area contributed by atoms with Crippen LogP contribution < -0.4 is 4.72 Å². The molecule has 0 bridgehead atoms. The van der Waals surface area contributed by atoms with Crippen LogP contribution in [0.2, 0.25) is 0 Å². The SMILES string of the molecule is O=S(O)NCc1cccc(C#CCCn2nc3ccccc3n2)n1. The zero-order valence-electron chi connectivity index (χ0n) is 12.7. The van der Waals surface area contributed by atoms with Gasteiger partial charge in [0, 0.05) is 6.42 Å². The van der Waals surface area contributed by atoms with Crippen molar-refractivity contribution >= 4 is 22.3 Å². The highest BCUT2D eigenvalue weighted by molar-refractivity contribution is 7.77. The zero-order chi connectivity index (χ0) is 16.8. The van der Waals surface area contributed by atoms with Crippen molar-refractivity contribution in [2.24, 2.45) is 0 Å². The maximum absolute atomic E-state index is 10.6. The molecule has 0 aliphatic heterocycles. The molecule has 0 fully saturated rings. The summed E-state index contributed by atoms with van der Waals surface area (Å²) in [6, 6.07) is 13.1. The van der Waals surface area contributed by atoms with Gasteiger partial charge in [0.15, 0.2) is 0 Å². The molecule has 7 nitrogen and oxygen atoms in total. The van der Waals surface area contributed by atoms with Gasteiger partial charge < -0.3 is 0 Å². The first-order chi connectivity index (χ1) is 11.7. The summed E-state index contributed by atoms with van der Waals surface area (Å²) in [5.74, 6) is 6.02. The summed E-state index contributed by atoms with van der Waals surface area (Å²) >= 11 is -2.05. The molecule has 0 amide bonds. The summed E-state index contributed by atoms with van der Waals surface area (Å²) in [4.78, 5) is 5.95.